The van der Waals surface area contributed by atoms with Crippen molar-refractivity contribution in [2.24, 2.45) is 0 Å². The zero-order chi connectivity index (χ0) is 15.7. The van der Waals surface area contributed by atoms with E-state index in [1.165, 1.54) is 5.56 Å². The van der Waals surface area contributed by atoms with Crippen LogP contribution in [0.5, 0.6) is 0 Å². The molecule has 2 rings (SSSR count). The molecule has 1 saturated heterocycles. The van der Waals surface area contributed by atoms with E-state index < -0.39 is 5.60 Å². The predicted molar refractivity (Wildman–Crippen MR) is 87.9 cm³/mol. The topological polar surface area (TPSA) is 39.6 Å². The van der Waals surface area contributed by atoms with Crippen LogP contribution in [-0.2, 0) is 5.41 Å². The number of β-amino-alcohol motifs (C(OH)–C–C–N with tert-alkyl or cyclic N) is 1. The molecule has 0 amide bonds. The average Bonchev–Trinajstić information content (AvgIpc) is 2.37. The van der Waals surface area contributed by atoms with Crippen molar-refractivity contribution in [2.75, 3.05) is 37.6 Å². The Morgan fingerprint density at radius 2 is 1.67 bits per heavy atom. The molecule has 4 nitrogen and oxygen atoms in total. The number of rotatable bonds is 3. The van der Waals surface area contributed by atoms with Gasteiger partial charge >= 0.3 is 0 Å². The van der Waals surface area contributed by atoms with Crippen molar-refractivity contribution >= 4 is 5.82 Å². The Bertz CT molecular complexity index is 448. The van der Waals surface area contributed by atoms with Crippen LogP contribution in [0, 0.1) is 0 Å². The summed E-state index contributed by atoms with van der Waals surface area (Å²) in [5.74, 6) is 1.06. The molecule has 0 aliphatic carbocycles. The average molecular weight is 291 g/mol. The predicted octanol–water partition coefficient (Wildman–Crippen LogP) is 2.27. The van der Waals surface area contributed by atoms with Crippen molar-refractivity contribution in [3.63, 3.8) is 0 Å². The van der Waals surface area contributed by atoms with Crippen LogP contribution in [0.15, 0.2) is 18.3 Å². The Morgan fingerprint density at radius 3 is 2.10 bits per heavy atom. The molecule has 1 fully saturated rings. The van der Waals surface area contributed by atoms with E-state index in [2.05, 4.69) is 47.7 Å². The summed E-state index contributed by atoms with van der Waals surface area (Å²) in [6.45, 7) is 15.0. The van der Waals surface area contributed by atoms with E-state index in [4.69, 9.17) is 0 Å². The summed E-state index contributed by atoms with van der Waals surface area (Å²) < 4.78 is 0. The normalized spacial score (nSPS) is 18.1. The zero-order valence-electron chi connectivity index (χ0n) is 14.1. The maximum absolute atomic E-state index is 9.89. The number of nitrogens with zero attached hydrogens (tertiary/aromatic N) is 3. The lowest BCUT2D eigenvalue weighted by Gasteiger charge is -2.37. The van der Waals surface area contributed by atoms with E-state index in [-0.39, 0.29) is 5.41 Å². The molecule has 2 heterocycles. The lowest BCUT2D eigenvalue weighted by atomic mass is 9.88. The summed E-state index contributed by atoms with van der Waals surface area (Å²) in [7, 11) is 0. The first kappa shape index (κ1) is 16.2. The van der Waals surface area contributed by atoms with Gasteiger partial charge in [-0.15, -0.1) is 0 Å². The second kappa shape index (κ2) is 5.93. The Kier molecular flexibility index (Phi) is 4.59. The smallest absolute Gasteiger partial charge is 0.128 e. The molecule has 0 bridgehead atoms. The van der Waals surface area contributed by atoms with Crippen molar-refractivity contribution < 1.29 is 5.11 Å². The second-order valence-electron chi connectivity index (χ2n) is 7.73. The van der Waals surface area contributed by atoms with Crippen LogP contribution in [-0.4, -0.2) is 53.3 Å². The van der Waals surface area contributed by atoms with Crippen LogP contribution in [0.3, 0.4) is 0 Å². The molecule has 0 aromatic carbocycles. The fourth-order valence-electron chi connectivity index (χ4n) is 2.70. The van der Waals surface area contributed by atoms with E-state index in [1.54, 1.807) is 0 Å². The third kappa shape index (κ3) is 4.68. The van der Waals surface area contributed by atoms with Gasteiger partial charge in [-0.2, -0.15) is 0 Å². The SMILES string of the molecule is CC(C)(O)CN1CCN(c2ccc(C(C)(C)C)cn2)CC1. The number of pyridine rings is 1. The Hall–Kier alpha value is -1.13. The molecule has 0 atom stereocenters. The zero-order valence-corrected chi connectivity index (χ0v) is 14.1. The summed E-state index contributed by atoms with van der Waals surface area (Å²) >= 11 is 0. The first-order valence-corrected chi connectivity index (χ1v) is 7.81. The van der Waals surface area contributed by atoms with Gasteiger partial charge in [-0.1, -0.05) is 26.8 Å². The molecular formula is C17H29N3O. The largest absolute Gasteiger partial charge is 0.389 e. The third-order valence-corrected chi connectivity index (χ3v) is 3.92. The number of piperazine rings is 1. The standard InChI is InChI=1S/C17H29N3O/c1-16(2,3)14-6-7-15(18-12-14)20-10-8-19(9-11-20)13-17(4,5)21/h6-7,12,21H,8-11,13H2,1-5H3. The highest BCUT2D eigenvalue weighted by molar-refractivity contribution is 5.41. The summed E-state index contributed by atoms with van der Waals surface area (Å²) in [6, 6.07) is 4.32. The van der Waals surface area contributed by atoms with Gasteiger partial charge in [0, 0.05) is 38.9 Å². The number of anilines is 1. The number of aromatic nitrogens is 1. The van der Waals surface area contributed by atoms with Gasteiger partial charge in [0.05, 0.1) is 5.60 Å². The first-order valence-electron chi connectivity index (χ1n) is 7.81. The third-order valence-electron chi connectivity index (χ3n) is 3.92. The van der Waals surface area contributed by atoms with Crippen LogP contribution in [0.4, 0.5) is 5.82 Å². The van der Waals surface area contributed by atoms with Crippen molar-refractivity contribution in [2.45, 2.75) is 45.6 Å². The molecule has 118 valence electrons. The van der Waals surface area contributed by atoms with Gasteiger partial charge in [0.25, 0.3) is 0 Å². The molecule has 1 N–H and O–H groups in total. The summed E-state index contributed by atoms with van der Waals surface area (Å²) in [5, 5.41) is 9.89. The van der Waals surface area contributed by atoms with Crippen LogP contribution in [0.2, 0.25) is 0 Å². The van der Waals surface area contributed by atoms with Crippen molar-refractivity contribution in [3.05, 3.63) is 23.9 Å². The van der Waals surface area contributed by atoms with Crippen LogP contribution in [0.1, 0.15) is 40.2 Å². The van der Waals surface area contributed by atoms with E-state index in [9.17, 15) is 5.11 Å². The van der Waals surface area contributed by atoms with Gasteiger partial charge in [0.1, 0.15) is 5.82 Å². The van der Waals surface area contributed by atoms with E-state index in [0.29, 0.717) is 0 Å². The fraction of sp³-hybridized carbons (Fsp3) is 0.706. The molecule has 0 radical (unpaired) electrons. The van der Waals surface area contributed by atoms with Gasteiger partial charge < -0.3 is 10.0 Å². The van der Waals surface area contributed by atoms with Gasteiger partial charge in [-0.25, -0.2) is 4.98 Å². The molecule has 1 aliphatic heterocycles. The summed E-state index contributed by atoms with van der Waals surface area (Å²) in [6.07, 6.45) is 2.00. The fourth-order valence-corrected chi connectivity index (χ4v) is 2.70. The second-order valence-corrected chi connectivity index (χ2v) is 7.73. The minimum atomic E-state index is -0.616. The number of aliphatic hydroxyl groups is 1. The molecule has 1 aromatic rings. The number of hydrogen-bond acceptors (Lipinski definition) is 4. The molecule has 21 heavy (non-hydrogen) atoms. The summed E-state index contributed by atoms with van der Waals surface area (Å²) in [4.78, 5) is 9.27. The minimum absolute atomic E-state index is 0.150. The van der Waals surface area contributed by atoms with Crippen LogP contribution in [0.25, 0.3) is 0 Å². The molecule has 1 aliphatic rings. The lowest BCUT2D eigenvalue weighted by Crippen LogP contribution is -2.50. The van der Waals surface area contributed by atoms with E-state index in [0.717, 1.165) is 38.5 Å². The molecule has 0 spiro atoms. The highest BCUT2D eigenvalue weighted by Crippen LogP contribution is 2.23. The maximum atomic E-state index is 9.89. The molecule has 0 saturated carbocycles. The van der Waals surface area contributed by atoms with Gasteiger partial charge in [0.15, 0.2) is 0 Å². The summed E-state index contributed by atoms with van der Waals surface area (Å²) in [5.41, 5.74) is 0.804. The van der Waals surface area contributed by atoms with Crippen molar-refractivity contribution in [1.82, 2.24) is 9.88 Å². The van der Waals surface area contributed by atoms with E-state index >= 15 is 0 Å². The van der Waals surface area contributed by atoms with Crippen molar-refractivity contribution in [3.8, 4) is 0 Å². The van der Waals surface area contributed by atoms with Crippen LogP contribution < -0.4 is 4.90 Å². The first-order chi connectivity index (χ1) is 9.65. The monoisotopic (exact) mass is 291 g/mol. The number of hydrogen-bond donors (Lipinski definition) is 1. The van der Waals surface area contributed by atoms with Gasteiger partial charge in [0.2, 0.25) is 0 Å². The molecule has 1 aromatic heterocycles. The quantitative estimate of drug-likeness (QED) is 0.927. The van der Waals surface area contributed by atoms with Crippen molar-refractivity contribution in [1.29, 1.82) is 0 Å². The molecular weight excluding hydrogens is 262 g/mol. The highest BCUT2D eigenvalue weighted by Gasteiger charge is 2.23. The molecule has 0 unspecified atom stereocenters. The lowest BCUT2D eigenvalue weighted by molar-refractivity contribution is 0.0344. The Morgan fingerprint density at radius 1 is 1.05 bits per heavy atom. The van der Waals surface area contributed by atoms with Crippen LogP contribution >= 0.6 is 0 Å². The van der Waals surface area contributed by atoms with Gasteiger partial charge in [-0.05, 0) is 30.9 Å². The molecule has 4 heteroatoms. The van der Waals surface area contributed by atoms with E-state index in [1.807, 2.05) is 20.0 Å². The van der Waals surface area contributed by atoms with Gasteiger partial charge in [-0.3, -0.25) is 4.90 Å². The highest BCUT2D eigenvalue weighted by atomic mass is 16.3. The Balaban J connectivity index is 1.93. The maximum Gasteiger partial charge on any atom is 0.128 e. The minimum Gasteiger partial charge on any atom is -0.389 e. The Labute approximate surface area is 128 Å².